The molecule has 0 radical (unpaired) electrons. The number of benzene rings is 2. The molecule has 1 atom stereocenters. The summed E-state index contributed by atoms with van der Waals surface area (Å²) in [6.45, 7) is 1.80. The van der Waals surface area contributed by atoms with Gasteiger partial charge >= 0.3 is 0 Å². The Morgan fingerprint density at radius 2 is 1.58 bits per heavy atom. The van der Waals surface area contributed by atoms with Gasteiger partial charge in [0, 0.05) is 6.04 Å². The molecule has 0 aliphatic heterocycles. The number of rotatable bonds is 4. The van der Waals surface area contributed by atoms with Crippen LogP contribution in [0.5, 0.6) is 0 Å². The van der Waals surface area contributed by atoms with Crippen molar-refractivity contribution >= 4 is 21.6 Å². The second kappa shape index (κ2) is 5.74. The monoisotopic (exact) mass is 295 g/mol. The largest absolute Gasteiger partial charge is 0.242 e. The predicted molar refractivity (Wildman–Crippen MR) is 76.6 cm³/mol. The van der Waals surface area contributed by atoms with Gasteiger partial charge in [-0.25, -0.2) is 13.1 Å². The fraction of sp³-hybridized carbons (Fsp3) is 0.143. The maximum atomic E-state index is 12.2. The summed E-state index contributed by atoms with van der Waals surface area (Å²) in [5, 5.41) is 0.218. The lowest BCUT2D eigenvalue weighted by Gasteiger charge is -2.15. The number of sulfonamides is 1. The SMILES string of the molecule is CC(NS(=O)(=O)c1ccccc1Cl)c1ccccc1. The van der Waals surface area contributed by atoms with Crippen LogP contribution in [0.15, 0.2) is 59.5 Å². The molecule has 0 fully saturated rings. The standard InChI is InChI=1S/C14H14ClNO2S/c1-11(12-7-3-2-4-8-12)16-19(17,18)14-10-6-5-9-13(14)15/h2-11,16H,1H3. The first kappa shape index (κ1) is 14.1. The molecule has 2 aromatic carbocycles. The van der Waals surface area contributed by atoms with E-state index in [-0.39, 0.29) is 16.0 Å². The number of hydrogen-bond donors (Lipinski definition) is 1. The van der Waals surface area contributed by atoms with Crippen LogP contribution in [0.4, 0.5) is 0 Å². The Labute approximate surface area is 118 Å². The van der Waals surface area contributed by atoms with E-state index in [2.05, 4.69) is 4.72 Å². The molecule has 0 bridgehead atoms. The number of hydrogen-bond acceptors (Lipinski definition) is 2. The van der Waals surface area contributed by atoms with E-state index in [1.54, 1.807) is 25.1 Å². The topological polar surface area (TPSA) is 46.2 Å². The van der Waals surface area contributed by atoms with E-state index in [1.807, 2.05) is 30.3 Å². The van der Waals surface area contributed by atoms with Gasteiger partial charge in [-0.15, -0.1) is 0 Å². The summed E-state index contributed by atoms with van der Waals surface area (Å²) in [6, 6.07) is 15.5. The van der Waals surface area contributed by atoms with Crippen LogP contribution < -0.4 is 4.72 Å². The summed E-state index contributed by atoms with van der Waals surface area (Å²) in [6.07, 6.45) is 0. The van der Waals surface area contributed by atoms with Crippen molar-refractivity contribution in [2.24, 2.45) is 0 Å². The smallest absolute Gasteiger partial charge is 0.207 e. The van der Waals surface area contributed by atoms with Gasteiger partial charge in [-0.3, -0.25) is 0 Å². The summed E-state index contributed by atoms with van der Waals surface area (Å²) in [7, 11) is -3.62. The highest BCUT2D eigenvalue weighted by Crippen LogP contribution is 2.22. The van der Waals surface area contributed by atoms with Crippen molar-refractivity contribution in [2.45, 2.75) is 17.9 Å². The molecular weight excluding hydrogens is 282 g/mol. The third kappa shape index (κ3) is 3.35. The van der Waals surface area contributed by atoms with Crippen LogP contribution in [0.1, 0.15) is 18.5 Å². The Morgan fingerprint density at radius 1 is 1.00 bits per heavy atom. The maximum Gasteiger partial charge on any atom is 0.242 e. The van der Waals surface area contributed by atoms with Crippen LogP contribution in [0.2, 0.25) is 5.02 Å². The second-order valence-corrected chi connectivity index (χ2v) is 6.27. The normalized spacial score (nSPS) is 13.2. The lowest BCUT2D eigenvalue weighted by atomic mass is 10.1. The van der Waals surface area contributed by atoms with E-state index in [4.69, 9.17) is 11.6 Å². The van der Waals surface area contributed by atoms with Gasteiger partial charge in [0.05, 0.1) is 5.02 Å². The van der Waals surface area contributed by atoms with Gasteiger partial charge in [0.1, 0.15) is 4.90 Å². The lowest BCUT2D eigenvalue weighted by molar-refractivity contribution is 0.567. The minimum atomic E-state index is -3.62. The molecule has 5 heteroatoms. The maximum absolute atomic E-state index is 12.2. The van der Waals surface area contributed by atoms with Crippen molar-refractivity contribution in [2.75, 3.05) is 0 Å². The van der Waals surface area contributed by atoms with Crippen LogP contribution in [0.3, 0.4) is 0 Å². The Morgan fingerprint density at radius 3 is 2.21 bits per heavy atom. The molecule has 0 spiro atoms. The highest BCUT2D eigenvalue weighted by molar-refractivity contribution is 7.89. The third-order valence-corrected chi connectivity index (χ3v) is 4.80. The Bertz CT molecular complexity index is 656. The zero-order chi connectivity index (χ0) is 13.9. The van der Waals surface area contributed by atoms with Gasteiger partial charge in [-0.1, -0.05) is 54.1 Å². The molecule has 0 amide bonds. The molecule has 0 aromatic heterocycles. The molecule has 0 aliphatic rings. The minimum absolute atomic E-state index is 0.0967. The number of nitrogens with one attached hydrogen (secondary N) is 1. The number of halogens is 1. The van der Waals surface area contributed by atoms with E-state index in [1.165, 1.54) is 6.07 Å². The average molecular weight is 296 g/mol. The van der Waals surface area contributed by atoms with Crippen LogP contribution in [-0.2, 0) is 10.0 Å². The van der Waals surface area contributed by atoms with Gasteiger partial charge in [0.15, 0.2) is 0 Å². The van der Waals surface area contributed by atoms with E-state index >= 15 is 0 Å². The van der Waals surface area contributed by atoms with Crippen molar-refractivity contribution in [3.05, 3.63) is 65.2 Å². The Hall–Kier alpha value is -1.36. The quantitative estimate of drug-likeness (QED) is 0.940. The van der Waals surface area contributed by atoms with E-state index in [0.29, 0.717) is 0 Å². The van der Waals surface area contributed by atoms with Crippen molar-refractivity contribution in [3.63, 3.8) is 0 Å². The Balaban J connectivity index is 2.26. The van der Waals surface area contributed by atoms with Gasteiger partial charge in [-0.2, -0.15) is 0 Å². The molecule has 3 nitrogen and oxygen atoms in total. The van der Waals surface area contributed by atoms with Crippen LogP contribution in [0, 0.1) is 0 Å². The molecule has 0 heterocycles. The lowest BCUT2D eigenvalue weighted by Crippen LogP contribution is -2.27. The first-order valence-corrected chi connectivity index (χ1v) is 7.68. The molecule has 2 aromatic rings. The molecule has 1 N–H and O–H groups in total. The fourth-order valence-corrected chi connectivity index (χ4v) is 3.52. The van der Waals surface area contributed by atoms with Gasteiger partial charge in [0.2, 0.25) is 10.0 Å². The highest BCUT2D eigenvalue weighted by Gasteiger charge is 2.20. The molecule has 2 rings (SSSR count). The van der Waals surface area contributed by atoms with Crippen LogP contribution >= 0.6 is 11.6 Å². The van der Waals surface area contributed by atoms with E-state index in [0.717, 1.165) is 5.56 Å². The molecule has 0 aliphatic carbocycles. The summed E-state index contributed by atoms with van der Waals surface area (Å²) in [5.41, 5.74) is 0.901. The highest BCUT2D eigenvalue weighted by atomic mass is 35.5. The first-order chi connectivity index (χ1) is 9.00. The Kier molecular flexibility index (Phi) is 4.24. The molecule has 100 valence electrons. The molecular formula is C14H14ClNO2S. The average Bonchev–Trinajstić information content (AvgIpc) is 2.39. The van der Waals surface area contributed by atoms with Crippen molar-refractivity contribution in [1.82, 2.24) is 4.72 Å². The summed E-state index contributed by atoms with van der Waals surface area (Å²) in [5.74, 6) is 0. The molecule has 0 saturated carbocycles. The van der Waals surface area contributed by atoms with Crippen molar-refractivity contribution in [1.29, 1.82) is 0 Å². The van der Waals surface area contributed by atoms with Gasteiger partial charge in [0.25, 0.3) is 0 Å². The third-order valence-electron chi connectivity index (χ3n) is 2.76. The minimum Gasteiger partial charge on any atom is -0.207 e. The fourth-order valence-electron chi connectivity index (χ4n) is 1.77. The van der Waals surface area contributed by atoms with Crippen molar-refractivity contribution in [3.8, 4) is 0 Å². The van der Waals surface area contributed by atoms with Crippen molar-refractivity contribution < 1.29 is 8.42 Å². The second-order valence-electron chi connectivity index (χ2n) is 4.18. The van der Waals surface area contributed by atoms with E-state index in [9.17, 15) is 8.42 Å². The predicted octanol–water partition coefficient (Wildman–Crippen LogP) is 3.38. The zero-order valence-corrected chi connectivity index (χ0v) is 11.9. The molecule has 1 unspecified atom stereocenters. The summed E-state index contributed by atoms with van der Waals surface area (Å²) < 4.78 is 27.1. The first-order valence-electron chi connectivity index (χ1n) is 5.82. The van der Waals surface area contributed by atoms with Gasteiger partial charge < -0.3 is 0 Å². The molecule has 0 saturated heterocycles. The van der Waals surface area contributed by atoms with Gasteiger partial charge in [-0.05, 0) is 24.6 Å². The zero-order valence-electron chi connectivity index (χ0n) is 10.4. The van der Waals surface area contributed by atoms with Crippen LogP contribution in [-0.4, -0.2) is 8.42 Å². The van der Waals surface area contributed by atoms with Crippen LogP contribution in [0.25, 0.3) is 0 Å². The van der Waals surface area contributed by atoms with E-state index < -0.39 is 10.0 Å². The molecule has 19 heavy (non-hydrogen) atoms. The summed E-state index contributed by atoms with van der Waals surface area (Å²) >= 11 is 5.92. The summed E-state index contributed by atoms with van der Waals surface area (Å²) in [4.78, 5) is 0.0967.